The highest BCUT2D eigenvalue weighted by molar-refractivity contribution is 6.07. The Morgan fingerprint density at radius 2 is 1.98 bits per heavy atom. The van der Waals surface area contributed by atoms with Crippen LogP contribution in [-0.4, -0.2) is 78.1 Å². The lowest BCUT2D eigenvalue weighted by molar-refractivity contribution is -0.145. The molecule has 2 heterocycles. The van der Waals surface area contributed by atoms with Crippen LogP contribution in [0.3, 0.4) is 0 Å². The van der Waals surface area contributed by atoms with Gasteiger partial charge in [0.1, 0.15) is 29.2 Å². The number of carboxylic acids is 1. The van der Waals surface area contributed by atoms with Crippen molar-refractivity contribution in [3.05, 3.63) is 67.3 Å². The van der Waals surface area contributed by atoms with Gasteiger partial charge in [0, 0.05) is 35.4 Å². The van der Waals surface area contributed by atoms with Crippen LogP contribution in [0.25, 0.3) is 22.2 Å². The first-order valence-electron chi connectivity index (χ1n) is 13.4. The Morgan fingerprint density at radius 3 is 2.61 bits per heavy atom. The number of carbonyl (C=O) groups excluding carboxylic acids is 2. The summed E-state index contributed by atoms with van der Waals surface area (Å²) in [6.07, 6.45) is 1.36. The number of hydrogen-bond donors (Lipinski definition) is 3. The summed E-state index contributed by atoms with van der Waals surface area (Å²) >= 11 is 0. The Hall–Kier alpha value is -4.38. The molecule has 0 bridgehead atoms. The van der Waals surface area contributed by atoms with Gasteiger partial charge in [-0.15, -0.1) is 6.58 Å². The fraction of sp³-hybridized carbons (Fsp3) is 0.333. The van der Waals surface area contributed by atoms with Crippen LogP contribution in [0.1, 0.15) is 19.8 Å². The molecule has 1 saturated carbocycles. The van der Waals surface area contributed by atoms with Gasteiger partial charge in [0.15, 0.2) is 7.98 Å². The number of methoxy groups -OCH3 is 1. The van der Waals surface area contributed by atoms with Crippen LogP contribution in [0.15, 0.2) is 67.3 Å². The minimum Gasteiger partial charge on any atom is -0.497 e. The van der Waals surface area contributed by atoms with Gasteiger partial charge >= 0.3 is 5.97 Å². The Kier molecular flexibility index (Phi) is 7.73. The lowest BCUT2D eigenvalue weighted by Gasteiger charge is -2.27. The topological polar surface area (TPSA) is 130 Å². The zero-order valence-electron chi connectivity index (χ0n) is 22.9. The van der Waals surface area contributed by atoms with Crippen LogP contribution in [0.2, 0.25) is 0 Å². The molecule has 3 N–H and O–H groups in total. The summed E-state index contributed by atoms with van der Waals surface area (Å²) < 4.78 is 11.9. The van der Waals surface area contributed by atoms with Crippen molar-refractivity contribution in [2.75, 3.05) is 13.7 Å². The van der Waals surface area contributed by atoms with E-state index in [9.17, 15) is 19.5 Å². The standard InChI is InChI=1S/C30H31BN4O6/c1-4-19-15-30(19,29(38)39)33-27(36)25-13-21(16-35(25)28(37)17(2)34-31)41-26-14-23(18-8-6-5-7-9-18)32-24-12-20(40-3)10-11-22(24)26/h4-12,14,17,19,21,25,34H,1,13,15-16H2,2-3H3,(H,33,36)(H,38,39)/t17-,19-,21?,25-,30+/m0/s1. The molecule has 5 rings (SSSR count). The van der Waals surface area contributed by atoms with Crippen molar-refractivity contribution in [1.29, 1.82) is 0 Å². The smallest absolute Gasteiger partial charge is 0.330 e. The Bertz CT molecular complexity index is 1500. The second-order valence-electron chi connectivity index (χ2n) is 10.4. The average molecular weight is 554 g/mol. The number of nitrogens with one attached hydrogen (secondary N) is 2. The molecule has 11 heteroatoms. The van der Waals surface area contributed by atoms with E-state index >= 15 is 0 Å². The van der Waals surface area contributed by atoms with Crippen molar-refractivity contribution in [2.45, 2.75) is 43.5 Å². The zero-order valence-corrected chi connectivity index (χ0v) is 22.9. The van der Waals surface area contributed by atoms with Gasteiger partial charge < -0.3 is 30.0 Å². The molecular formula is C30H31BN4O6. The third-order valence-corrected chi connectivity index (χ3v) is 7.84. The minimum atomic E-state index is -1.42. The summed E-state index contributed by atoms with van der Waals surface area (Å²) in [6, 6.07) is 15.3. The van der Waals surface area contributed by atoms with Crippen molar-refractivity contribution in [1.82, 2.24) is 20.4 Å². The Balaban J connectivity index is 1.47. The summed E-state index contributed by atoms with van der Waals surface area (Å²) in [5.41, 5.74) is 0.824. The second kappa shape index (κ2) is 11.2. The molecular weight excluding hydrogens is 523 g/mol. The maximum absolute atomic E-state index is 13.5. The molecule has 2 aromatic carbocycles. The molecule has 2 radical (unpaired) electrons. The number of benzene rings is 2. The third-order valence-electron chi connectivity index (χ3n) is 7.84. The van der Waals surface area contributed by atoms with Gasteiger partial charge in [-0.1, -0.05) is 36.4 Å². The second-order valence-corrected chi connectivity index (χ2v) is 10.4. The Morgan fingerprint density at radius 1 is 1.22 bits per heavy atom. The van der Waals surface area contributed by atoms with Crippen LogP contribution < -0.4 is 20.0 Å². The number of aliphatic carboxylic acids is 1. The van der Waals surface area contributed by atoms with Crippen LogP contribution in [0.5, 0.6) is 11.5 Å². The quantitative estimate of drug-likeness (QED) is 0.258. The molecule has 10 nitrogen and oxygen atoms in total. The summed E-state index contributed by atoms with van der Waals surface area (Å²) in [5.74, 6) is -1.30. The van der Waals surface area contributed by atoms with Gasteiger partial charge in [-0.25, -0.2) is 9.78 Å². The highest BCUT2D eigenvalue weighted by Crippen LogP contribution is 2.45. The number of likely N-dealkylation sites (tertiary alicyclic amines) is 1. The molecule has 210 valence electrons. The van der Waals surface area contributed by atoms with Crippen molar-refractivity contribution < 1.29 is 29.0 Å². The highest BCUT2D eigenvalue weighted by atomic mass is 16.5. The predicted octanol–water partition coefficient (Wildman–Crippen LogP) is 2.47. The number of aromatic nitrogens is 1. The third kappa shape index (κ3) is 5.37. The lowest BCUT2D eigenvalue weighted by atomic mass is 10.1. The molecule has 2 fully saturated rings. The maximum atomic E-state index is 13.5. The van der Waals surface area contributed by atoms with Crippen LogP contribution in [0, 0.1) is 5.92 Å². The SMILES string of the molecule is [B]N[C@@H](C)C(=O)N1CC(Oc2cc(-c3ccccc3)nc3cc(OC)ccc23)C[C@H]1C(=O)N[C@]1(C(=O)O)C[C@@H]1C=C. The fourth-order valence-corrected chi connectivity index (χ4v) is 5.35. The number of ether oxygens (including phenoxy) is 2. The van der Waals surface area contributed by atoms with E-state index in [0.717, 1.165) is 10.9 Å². The molecule has 1 aromatic heterocycles. The molecule has 2 amide bonds. The lowest BCUT2D eigenvalue weighted by Crippen LogP contribution is -2.55. The number of rotatable bonds is 10. The van der Waals surface area contributed by atoms with Crippen molar-refractivity contribution in [2.24, 2.45) is 5.92 Å². The number of carboxylic acid groups (broad SMARTS) is 1. The van der Waals surface area contributed by atoms with E-state index < -0.39 is 41.5 Å². The van der Waals surface area contributed by atoms with E-state index in [4.69, 9.17) is 22.4 Å². The maximum Gasteiger partial charge on any atom is 0.330 e. The number of hydrogen-bond acceptors (Lipinski definition) is 7. The molecule has 1 aliphatic heterocycles. The fourth-order valence-electron chi connectivity index (χ4n) is 5.35. The molecule has 1 saturated heterocycles. The van der Waals surface area contributed by atoms with Gasteiger partial charge in [0.05, 0.1) is 30.9 Å². The molecule has 0 spiro atoms. The van der Waals surface area contributed by atoms with E-state index in [1.165, 1.54) is 11.0 Å². The van der Waals surface area contributed by atoms with Crippen molar-refractivity contribution in [3.63, 3.8) is 0 Å². The van der Waals surface area contributed by atoms with Gasteiger partial charge in [0.2, 0.25) is 11.8 Å². The molecule has 2 aliphatic rings. The summed E-state index contributed by atoms with van der Waals surface area (Å²) in [7, 11) is 7.11. The Labute approximate surface area is 239 Å². The normalized spacial score (nSPS) is 24.0. The van der Waals surface area contributed by atoms with E-state index in [0.29, 0.717) is 22.7 Å². The van der Waals surface area contributed by atoms with E-state index in [1.54, 1.807) is 14.0 Å². The largest absolute Gasteiger partial charge is 0.497 e. The summed E-state index contributed by atoms with van der Waals surface area (Å²) in [4.78, 5) is 44.9. The number of carbonyl (C=O) groups is 3. The zero-order chi connectivity index (χ0) is 29.3. The van der Waals surface area contributed by atoms with Crippen molar-refractivity contribution >= 4 is 36.7 Å². The van der Waals surface area contributed by atoms with E-state index in [1.807, 2.05) is 54.6 Å². The predicted molar refractivity (Wildman–Crippen MR) is 153 cm³/mol. The van der Waals surface area contributed by atoms with Crippen LogP contribution in [-0.2, 0) is 14.4 Å². The van der Waals surface area contributed by atoms with Gasteiger partial charge in [-0.05, 0) is 25.5 Å². The van der Waals surface area contributed by atoms with Crippen LogP contribution in [0.4, 0.5) is 0 Å². The van der Waals surface area contributed by atoms with Gasteiger partial charge in [0.25, 0.3) is 0 Å². The minimum absolute atomic E-state index is 0.106. The first-order valence-corrected chi connectivity index (χ1v) is 13.4. The van der Waals surface area contributed by atoms with E-state index in [-0.39, 0.29) is 25.3 Å². The molecule has 1 unspecified atom stereocenters. The van der Waals surface area contributed by atoms with Gasteiger partial charge in [-0.2, -0.15) is 0 Å². The van der Waals surface area contributed by atoms with E-state index in [2.05, 4.69) is 17.1 Å². The average Bonchev–Trinajstić information content (AvgIpc) is 3.56. The number of amides is 2. The molecule has 5 atom stereocenters. The highest BCUT2D eigenvalue weighted by Gasteiger charge is 2.61. The monoisotopic (exact) mass is 554 g/mol. The molecule has 41 heavy (non-hydrogen) atoms. The summed E-state index contributed by atoms with van der Waals surface area (Å²) in [5, 5.41) is 15.6. The number of fused-ring (bicyclic) bond motifs is 1. The number of pyridine rings is 1. The first-order chi connectivity index (χ1) is 19.7. The van der Waals surface area contributed by atoms with Crippen molar-refractivity contribution in [3.8, 4) is 22.8 Å². The first kappa shape index (κ1) is 28.2. The number of nitrogens with zero attached hydrogens (tertiary/aromatic N) is 2. The molecule has 1 aliphatic carbocycles. The van der Waals surface area contributed by atoms with Gasteiger partial charge in [-0.3, -0.25) is 9.59 Å². The van der Waals surface area contributed by atoms with Crippen LogP contribution >= 0.6 is 0 Å². The summed E-state index contributed by atoms with van der Waals surface area (Å²) in [6.45, 7) is 5.37. The molecule has 3 aromatic rings.